The molecular weight excluding hydrogens is 597 g/mol. The summed E-state index contributed by atoms with van der Waals surface area (Å²) in [4.78, 5) is 29.0. The fourth-order valence-electron chi connectivity index (χ4n) is 4.24. The van der Waals surface area contributed by atoms with Crippen LogP contribution in [0, 0.1) is 12.7 Å². The number of amides is 2. The van der Waals surface area contributed by atoms with Gasteiger partial charge in [-0.2, -0.15) is 0 Å². The minimum Gasteiger partial charge on any atom is -0.354 e. The summed E-state index contributed by atoms with van der Waals surface area (Å²) in [5, 5.41) is 2.93. The molecule has 0 fully saturated rings. The van der Waals surface area contributed by atoms with Gasteiger partial charge in [-0.3, -0.25) is 13.9 Å². The van der Waals surface area contributed by atoms with E-state index < -0.39 is 34.3 Å². The van der Waals surface area contributed by atoms with Crippen molar-refractivity contribution in [2.45, 2.75) is 45.7 Å². The van der Waals surface area contributed by atoms with Gasteiger partial charge in [-0.25, -0.2) is 12.8 Å². The van der Waals surface area contributed by atoms with E-state index in [-0.39, 0.29) is 18.9 Å². The van der Waals surface area contributed by atoms with Gasteiger partial charge in [0.15, 0.2) is 0 Å². The molecule has 2 amide bonds. The van der Waals surface area contributed by atoms with Gasteiger partial charge in [0, 0.05) is 24.0 Å². The summed E-state index contributed by atoms with van der Waals surface area (Å²) in [6, 6.07) is 19.1. The molecule has 3 aromatic rings. The third-order valence-corrected chi connectivity index (χ3v) is 8.51. The molecule has 0 radical (unpaired) electrons. The number of sulfonamides is 1. The molecule has 0 spiro atoms. The van der Waals surface area contributed by atoms with E-state index in [0.29, 0.717) is 17.8 Å². The number of nitrogens with zero attached hydrogens (tertiary/aromatic N) is 2. The lowest BCUT2D eigenvalue weighted by molar-refractivity contribution is -0.140. The van der Waals surface area contributed by atoms with E-state index in [1.807, 2.05) is 44.2 Å². The Kier molecular flexibility index (Phi) is 11.3. The minimum absolute atomic E-state index is 0.00518. The van der Waals surface area contributed by atoms with E-state index in [9.17, 15) is 22.4 Å². The average Bonchev–Trinajstić information content (AvgIpc) is 2.92. The fraction of sp³-hybridized carbons (Fsp3) is 0.333. The minimum atomic E-state index is -3.86. The predicted molar refractivity (Wildman–Crippen MR) is 160 cm³/mol. The number of hydrogen-bond acceptors (Lipinski definition) is 4. The summed E-state index contributed by atoms with van der Waals surface area (Å²) in [5.74, 6) is -1.31. The molecule has 3 rings (SSSR count). The van der Waals surface area contributed by atoms with Crippen molar-refractivity contribution in [3.05, 3.63) is 99.8 Å². The van der Waals surface area contributed by atoms with Crippen LogP contribution in [-0.4, -0.2) is 50.5 Å². The molecule has 0 aliphatic rings. The molecule has 3 aromatic carbocycles. The second-order valence-corrected chi connectivity index (χ2v) is 12.5. The molecule has 0 bridgehead atoms. The Hall–Kier alpha value is -3.24. The predicted octanol–water partition coefficient (Wildman–Crippen LogP) is 5.22. The Morgan fingerprint density at radius 2 is 1.68 bits per heavy atom. The van der Waals surface area contributed by atoms with Crippen molar-refractivity contribution in [1.82, 2.24) is 10.2 Å². The summed E-state index contributed by atoms with van der Waals surface area (Å²) in [5.41, 5.74) is 2.60. The third kappa shape index (κ3) is 8.89. The van der Waals surface area contributed by atoms with Gasteiger partial charge < -0.3 is 10.2 Å². The normalized spacial score (nSPS) is 12.0. The highest BCUT2D eigenvalue weighted by atomic mass is 79.9. The average molecular weight is 633 g/mol. The molecule has 1 unspecified atom stereocenters. The van der Waals surface area contributed by atoms with Crippen molar-refractivity contribution in [2.75, 3.05) is 23.7 Å². The monoisotopic (exact) mass is 631 g/mol. The lowest BCUT2D eigenvalue weighted by Crippen LogP contribution is -2.53. The number of rotatable bonds is 13. The summed E-state index contributed by atoms with van der Waals surface area (Å²) in [7, 11) is -3.86. The summed E-state index contributed by atoms with van der Waals surface area (Å²) in [6.45, 7) is 3.78. The molecule has 7 nitrogen and oxygen atoms in total. The van der Waals surface area contributed by atoms with Crippen LogP contribution in [0.1, 0.15) is 36.5 Å². The largest absolute Gasteiger partial charge is 0.354 e. The van der Waals surface area contributed by atoms with Gasteiger partial charge in [0.1, 0.15) is 18.4 Å². The number of unbranched alkanes of at least 4 members (excludes halogenated alkanes) is 1. The second kappa shape index (κ2) is 14.4. The molecule has 40 heavy (non-hydrogen) atoms. The van der Waals surface area contributed by atoms with Gasteiger partial charge >= 0.3 is 0 Å². The van der Waals surface area contributed by atoms with E-state index in [1.54, 1.807) is 30.3 Å². The molecule has 0 aromatic heterocycles. The molecule has 1 atom stereocenters. The van der Waals surface area contributed by atoms with Crippen molar-refractivity contribution in [1.29, 1.82) is 0 Å². The number of benzene rings is 3. The van der Waals surface area contributed by atoms with Crippen LogP contribution >= 0.6 is 15.9 Å². The Labute approximate surface area is 244 Å². The zero-order valence-corrected chi connectivity index (χ0v) is 25.3. The van der Waals surface area contributed by atoms with Crippen molar-refractivity contribution < 1.29 is 22.4 Å². The fourth-order valence-corrected chi connectivity index (χ4v) is 5.33. The SMILES string of the molecule is CCCCNC(=O)C(Cc1ccccc1)N(Cc1ccc(F)cc1)C(=O)CN(c1ccc(Br)c(C)c1)S(C)(=O)=O. The molecular formula is C30H35BrFN3O4S. The molecule has 0 heterocycles. The Morgan fingerprint density at radius 1 is 1.00 bits per heavy atom. The molecule has 0 saturated carbocycles. The zero-order valence-electron chi connectivity index (χ0n) is 22.9. The summed E-state index contributed by atoms with van der Waals surface area (Å²) < 4.78 is 41.3. The quantitative estimate of drug-likeness (QED) is 0.262. The maximum atomic E-state index is 14.0. The van der Waals surface area contributed by atoms with Crippen LogP contribution in [0.15, 0.2) is 77.3 Å². The Balaban J connectivity index is 2.03. The van der Waals surface area contributed by atoms with Crippen molar-refractivity contribution in [3.8, 4) is 0 Å². The molecule has 214 valence electrons. The first-order valence-electron chi connectivity index (χ1n) is 13.1. The molecule has 10 heteroatoms. The van der Waals surface area contributed by atoms with Gasteiger partial charge in [-0.1, -0.05) is 71.7 Å². The number of hydrogen-bond donors (Lipinski definition) is 1. The standard InChI is InChI=1S/C30H35BrFN3O4S/c1-4-5-17-33-30(37)28(19-23-9-7-6-8-10-23)34(20-24-11-13-25(32)14-12-24)29(36)21-35(40(3,38)39)26-15-16-27(31)22(2)18-26/h6-16,18,28H,4-5,17,19-21H2,1-3H3,(H,33,37). The molecule has 0 saturated heterocycles. The Bertz CT molecular complexity index is 1400. The van der Waals surface area contributed by atoms with Crippen LogP contribution in [0.2, 0.25) is 0 Å². The number of carbonyl (C=O) groups excluding carboxylic acids is 2. The van der Waals surface area contributed by atoms with Gasteiger partial charge in [0.05, 0.1) is 11.9 Å². The number of carbonyl (C=O) groups is 2. The smallest absolute Gasteiger partial charge is 0.244 e. The van der Waals surface area contributed by atoms with Crippen LogP contribution < -0.4 is 9.62 Å². The lowest BCUT2D eigenvalue weighted by Gasteiger charge is -2.33. The first-order valence-corrected chi connectivity index (χ1v) is 15.7. The number of halogens is 2. The number of aryl methyl sites for hydroxylation is 1. The summed E-state index contributed by atoms with van der Waals surface area (Å²) >= 11 is 3.42. The topological polar surface area (TPSA) is 86.8 Å². The molecule has 0 aliphatic carbocycles. The maximum absolute atomic E-state index is 14.0. The van der Waals surface area contributed by atoms with Crippen LogP contribution in [0.3, 0.4) is 0 Å². The van der Waals surface area contributed by atoms with E-state index >= 15 is 0 Å². The highest BCUT2D eigenvalue weighted by molar-refractivity contribution is 9.10. The third-order valence-electron chi connectivity index (χ3n) is 6.48. The first-order chi connectivity index (χ1) is 19.0. The van der Waals surface area contributed by atoms with E-state index in [2.05, 4.69) is 21.2 Å². The molecule has 0 aliphatic heterocycles. The van der Waals surface area contributed by atoms with E-state index in [1.165, 1.54) is 17.0 Å². The Morgan fingerprint density at radius 3 is 2.27 bits per heavy atom. The van der Waals surface area contributed by atoms with E-state index in [4.69, 9.17) is 0 Å². The van der Waals surface area contributed by atoms with E-state index in [0.717, 1.165) is 39.0 Å². The summed E-state index contributed by atoms with van der Waals surface area (Å²) in [6.07, 6.45) is 2.93. The van der Waals surface area contributed by atoms with Crippen LogP contribution in [-0.2, 0) is 32.6 Å². The van der Waals surface area contributed by atoms with Gasteiger partial charge in [-0.05, 0) is 60.4 Å². The van der Waals surface area contributed by atoms with Crippen LogP contribution in [0.5, 0.6) is 0 Å². The van der Waals surface area contributed by atoms with Crippen LogP contribution in [0.4, 0.5) is 10.1 Å². The van der Waals surface area contributed by atoms with Crippen molar-refractivity contribution >= 4 is 43.5 Å². The lowest BCUT2D eigenvalue weighted by atomic mass is 10.0. The van der Waals surface area contributed by atoms with Crippen molar-refractivity contribution in [2.24, 2.45) is 0 Å². The highest BCUT2D eigenvalue weighted by Gasteiger charge is 2.33. The second-order valence-electron chi connectivity index (χ2n) is 9.70. The number of nitrogens with one attached hydrogen (secondary N) is 1. The van der Waals surface area contributed by atoms with Gasteiger partial charge in [0.2, 0.25) is 21.8 Å². The van der Waals surface area contributed by atoms with Gasteiger partial charge in [0.25, 0.3) is 0 Å². The highest BCUT2D eigenvalue weighted by Crippen LogP contribution is 2.25. The molecule has 1 N–H and O–H groups in total. The van der Waals surface area contributed by atoms with Gasteiger partial charge in [-0.15, -0.1) is 0 Å². The van der Waals surface area contributed by atoms with Crippen molar-refractivity contribution in [3.63, 3.8) is 0 Å². The first kappa shape index (κ1) is 31.3. The zero-order chi connectivity index (χ0) is 29.3. The maximum Gasteiger partial charge on any atom is 0.244 e. The van der Waals surface area contributed by atoms with Crippen LogP contribution in [0.25, 0.3) is 0 Å². The number of anilines is 1.